The maximum Gasteiger partial charge on any atom is 0.324 e. The number of anilines is 2. The zero-order chi connectivity index (χ0) is 22.2. The molecule has 166 valence electrons. The number of carbonyl (C=O) groups excluding carboxylic acids is 1. The maximum atomic E-state index is 13.6. The first-order chi connectivity index (χ1) is 14.8. The lowest BCUT2D eigenvalue weighted by Crippen LogP contribution is -2.62. The first kappa shape index (κ1) is 21.6. The van der Waals surface area contributed by atoms with E-state index in [2.05, 4.69) is 16.8 Å². The first-order valence-corrected chi connectivity index (χ1v) is 11.0. The van der Waals surface area contributed by atoms with Crippen molar-refractivity contribution >= 4 is 29.1 Å². The molecule has 3 heterocycles. The average Bonchev–Trinajstić information content (AvgIpc) is 2.75. The molecule has 2 aromatic rings. The van der Waals surface area contributed by atoms with Crippen LogP contribution < -0.4 is 19.3 Å². The van der Waals surface area contributed by atoms with Crippen molar-refractivity contribution in [1.29, 1.82) is 0 Å². The summed E-state index contributed by atoms with van der Waals surface area (Å²) in [4.78, 5) is 24.0. The Morgan fingerprint density at radius 1 is 1.35 bits per heavy atom. The van der Waals surface area contributed by atoms with E-state index >= 15 is 0 Å². The molecule has 1 fully saturated rings. The van der Waals surface area contributed by atoms with Crippen LogP contribution in [-0.4, -0.2) is 61.9 Å². The molecule has 1 aromatic carbocycles. The van der Waals surface area contributed by atoms with Crippen LogP contribution >= 0.6 is 11.6 Å². The highest BCUT2D eigenvalue weighted by molar-refractivity contribution is 6.30. The highest BCUT2D eigenvalue weighted by Crippen LogP contribution is 2.38. The second-order valence-corrected chi connectivity index (χ2v) is 9.10. The number of rotatable bonds is 5. The summed E-state index contributed by atoms with van der Waals surface area (Å²) in [5, 5.41) is 0.598. The lowest BCUT2D eigenvalue weighted by atomic mass is 9.81. The van der Waals surface area contributed by atoms with Gasteiger partial charge in [-0.05, 0) is 32.0 Å². The topological polar surface area (TPSA) is 58.1 Å². The summed E-state index contributed by atoms with van der Waals surface area (Å²) < 4.78 is 11.1. The van der Waals surface area contributed by atoms with E-state index in [-0.39, 0.29) is 17.5 Å². The molecule has 4 rings (SSSR count). The van der Waals surface area contributed by atoms with Crippen LogP contribution in [0.2, 0.25) is 5.02 Å². The molecule has 1 unspecified atom stereocenters. The zero-order valence-electron chi connectivity index (χ0n) is 18.5. The van der Waals surface area contributed by atoms with E-state index in [1.54, 1.807) is 25.4 Å². The number of carbonyl (C=O) groups is 1. The molecule has 0 spiro atoms. The third kappa shape index (κ3) is 4.24. The van der Waals surface area contributed by atoms with Gasteiger partial charge in [-0.2, -0.15) is 0 Å². The molecule has 0 radical (unpaired) electrons. The van der Waals surface area contributed by atoms with E-state index in [1.165, 1.54) is 0 Å². The van der Waals surface area contributed by atoms with E-state index in [1.807, 2.05) is 41.8 Å². The molecular formula is C23H29ClN4O3. The van der Waals surface area contributed by atoms with Crippen LogP contribution in [0.3, 0.4) is 0 Å². The van der Waals surface area contributed by atoms with Gasteiger partial charge in [0.1, 0.15) is 23.9 Å². The highest BCUT2D eigenvalue weighted by Gasteiger charge is 2.43. The molecule has 1 saturated heterocycles. The largest absolute Gasteiger partial charge is 0.497 e. The van der Waals surface area contributed by atoms with Crippen LogP contribution in [0.4, 0.5) is 16.3 Å². The molecule has 8 heteroatoms. The number of pyridine rings is 1. The molecule has 0 saturated carbocycles. The Labute approximate surface area is 188 Å². The van der Waals surface area contributed by atoms with E-state index in [9.17, 15) is 4.79 Å². The predicted molar refractivity (Wildman–Crippen MR) is 123 cm³/mol. The number of urea groups is 1. The number of methoxy groups -OCH3 is 1. The summed E-state index contributed by atoms with van der Waals surface area (Å²) in [6.07, 6.45) is 1.76. The second-order valence-electron chi connectivity index (χ2n) is 8.66. The molecule has 0 N–H and O–H groups in total. The summed E-state index contributed by atoms with van der Waals surface area (Å²) in [7, 11) is 1.66. The van der Waals surface area contributed by atoms with E-state index in [0.29, 0.717) is 30.5 Å². The fraction of sp³-hybridized carbons (Fsp3) is 0.478. The molecule has 1 atom stereocenters. The monoisotopic (exact) mass is 444 g/mol. The van der Waals surface area contributed by atoms with Crippen molar-refractivity contribution in [3.63, 3.8) is 0 Å². The molecule has 2 aliphatic rings. The highest BCUT2D eigenvalue weighted by atomic mass is 35.5. The number of fused-ring (bicyclic) bond motifs is 1. The number of nitrogens with zero attached hydrogens (tertiary/aromatic N) is 4. The number of amides is 2. The standard InChI is InChI=1S/C23H29ClN4O3/c1-5-26(13-23(3)14-27(15-23)21-11-18(30-4)8-9-25-21)22(29)28-16(2)12-31-20-10-17(24)6-7-19(20)28/h6-11,16H,5,12-15H2,1-4H3. The summed E-state index contributed by atoms with van der Waals surface area (Å²) in [5.74, 6) is 2.35. The number of halogens is 1. The summed E-state index contributed by atoms with van der Waals surface area (Å²) in [6.45, 7) is 9.68. The third-order valence-electron chi connectivity index (χ3n) is 5.95. The van der Waals surface area contributed by atoms with Crippen LogP contribution in [0, 0.1) is 5.41 Å². The van der Waals surface area contributed by atoms with Gasteiger partial charge in [-0.25, -0.2) is 9.78 Å². The quantitative estimate of drug-likeness (QED) is 0.688. The number of aromatic nitrogens is 1. The van der Waals surface area contributed by atoms with Gasteiger partial charge < -0.3 is 19.3 Å². The van der Waals surface area contributed by atoms with Crippen molar-refractivity contribution in [2.24, 2.45) is 5.41 Å². The smallest absolute Gasteiger partial charge is 0.324 e. The first-order valence-electron chi connectivity index (χ1n) is 10.6. The minimum Gasteiger partial charge on any atom is -0.497 e. The molecule has 0 bridgehead atoms. The summed E-state index contributed by atoms with van der Waals surface area (Å²) in [5.41, 5.74) is 0.766. The second kappa shape index (κ2) is 8.46. The molecule has 1 aromatic heterocycles. The van der Waals surface area contributed by atoms with Gasteiger partial charge in [-0.1, -0.05) is 18.5 Å². The lowest BCUT2D eigenvalue weighted by Gasteiger charge is -2.51. The predicted octanol–water partition coefficient (Wildman–Crippen LogP) is 4.30. The van der Waals surface area contributed by atoms with E-state index in [4.69, 9.17) is 21.1 Å². The Kier molecular flexibility index (Phi) is 5.88. The van der Waals surface area contributed by atoms with Gasteiger partial charge in [0.05, 0.1) is 18.8 Å². The van der Waals surface area contributed by atoms with Gasteiger partial charge in [0.25, 0.3) is 0 Å². The van der Waals surface area contributed by atoms with Crippen LogP contribution in [0.5, 0.6) is 11.5 Å². The molecule has 31 heavy (non-hydrogen) atoms. The normalized spacial score (nSPS) is 19.2. The minimum atomic E-state index is -0.0538. The van der Waals surface area contributed by atoms with E-state index < -0.39 is 0 Å². The Balaban J connectivity index is 1.47. The SMILES string of the molecule is CCN(CC1(C)CN(c2cc(OC)ccn2)C1)C(=O)N1c2ccc(Cl)cc2OCC1C. The molecule has 2 aliphatic heterocycles. The number of hydrogen-bond acceptors (Lipinski definition) is 5. The van der Waals surface area contributed by atoms with Crippen LogP contribution in [-0.2, 0) is 0 Å². The number of ether oxygens (including phenoxy) is 2. The minimum absolute atomic E-state index is 0.000975. The summed E-state index contributed by atoms with van der Waals surface area (Å²) in [6, 6.07) is 9.16. The molecule has 7 nitrogen and oxygen atoms in total. The maximum absolute atomic E-state index is 13.6. The Hall–Kier alpha value is -2.67. The van der Waals surface area contributed by atoms with E-state index in [0.717, 1.165) is 30.3 Å². The molecule has 0 aliphatic carbocycles. The Morgan fingerprint density at radius 2 is 2.13 bits per heavy atom. The van der Waals surface area contributed by atoms with Gasteiger partial charge in [-0.3, -0.25) is 4.90 Å². The lowest BCUT2D eigenvalue weighted by molar-refractivity contribution is 0.141. The average molecular weight is 445 g/mol. The van der Waals surface area contributed by atoms with Gasteiger partial charge in [-0.15, -0.1) is 0 Å². The Morgan fingerprint density at radius 3 is 2.84 bits per heavy atom. The van der Waals surface area contributed by atoms with Crippen molar-refractivity contribution in [2.75, 3.05) is 49.7 Å². The zero-order valence-corrected chi connectivity index (χ0v) is 19.2. The van der Waals surface area contributed by atoms with Crippen molar-refractivity contribution in [3.05, 3.63) is 41.6 Å². The van der Waals surface area contributed by atoms with Gasteiger partial charge in [0.2, 0.25) is 0 Å². The van der Waals surface area contributed by atoms with Gasteiger partial charge in [0, 0.05) is 54.9 Å². The molecule has 2 amide bonds. The van der Waals surface area contributed by atoms with Gasteiger partial charge >= 0.3 is 6.03 Å². The van der Waals surface area contributed by atoms with Crippen LogP contribution in [0.15, 0.2) is 36.5 Å². The van der Waals surface area contributed by atoms with Crippen LogP contribution in [0.1, 0.15) is 20.8 Å². The number of hydrogen-bond donors (Lipinski definition) is 0. The van der Waals surface area contributed by atoms with Crippen molar-refractivity contribution < 1.29 is 14.3 Å². The van der Waals surface area contributed by atoms with Gasteiger partial charge in [0.15, 0.2) is 0 Å². The Bertz CT molecular complexity index is 964. The third-order valence-corrected chi connectivity index (χ3v) is 6.19. The fourth-order valence-corrected chi connectivity index (χ4v) is 4.54. The van der Waals surface area contributed by atoms with Crippen molar-refractivity contribution in [2.45, 2.75) is 26.8 Å². The fourth-order valence-electron chi connectivity index (χ4n) is 4.38. The number of benzene rings is 1. The van der Waals surface area contributed by atoms with Crippen LogP contribution in [0.25, 0.3) is 0 Å². The molecular weight excluding hydrogens is 416 g/mol. The van der Waals surface area contributed by atoms with Crippen molar-refractivity contribution in [1.82, 2.24) is 9.88 Å². The summed E-state index contributed by atoms with van der Waals surface area (Å²) >= 11 is 6.12. The van der Waals surface area contributed by atoms with Crippen molar-refractivity contribution in [3.8, 4) is 11.5 Å².